The van der Waals surface area contributed by atoms with Gasteiger partial charge in [-0.25, -0.2) is 4.68 Å². The Morgan fingerprint density at radius 2 is 1.91 bits per heavy atom. The molecule has 4 aromatic rings. The molecule has 0 aliphatic rings. The fourth-order valence-corrected chi connectivity index (χ4v) is 2.58. The Balaban J connectivity index is 1.70. The molecule has 0 amide bonds. The molecule has 1 atom stereocenters. The standard InChI is InChI=1S/C17H15N5O/c1-11(12-6-4-3-5-7-12)17-18-16(20-23-17)13-8-9-14-15(10-13)22(2)21-19-14/h3-11H,1-2H3. The molecule has 0 saturated carbocycles. The molecule has 0 aliphatic carbocycles. The molecule has 0 fully saturated rings. The quantitative estimate of drug-likeness (QED) is 0.581. The summed E-state index contributed by atoms with van der Waals surface area (Å²) in [5.74, 6) is 1.24. The van der Waals surface area contributed by atoms with Crippen LogP contribution in [-0.2, 0) is 7.05 Å². The lowest BCUT2D eigenvalue weighted by Crippen LogP contribution is -1.96. The summed E-state index contributed by atoms with van der Waals surface area (Å²) in [5, 5.41) is 12.2. The van der Waals surface area contributed by atoms with Crippen LogP contribution < -0.4 is 0 Å². The van der Waals surface area contributed by atoms with Gasteiger partial charge in [-0.05, 0) is 30.7 Å². The Bertz CT molecular complexity index is 957. The second-order valence-corrected chi connectivity index (χ2v) is 5.51. The van der Waals surface area contributed by atoms with Crippen molar-refractivity contribution in [1.29, 1.82) is 0 Å². The van der Waals surface area contributed by atoms with Gasteiger partial charge in [-0.3, -0.25) is 0 Å². The first-order valence-electron chi connectivity index (χ1n) is 7.41. The van der Waals surface area contributed by atoms with Crippen LogP contribution >= 0.6 is 0 Å². The number of hydrogen-bond acceptors (Lipinski definition) is 5. The maximum atomic E-state index is 5.46. The first-order valence-corrected chi connectivity index (χ1v) is 7.41. The third-order valence-corrected chi connectivity index (χ3v) is 3.98. The topological polar surface area (TPSA) is 69.6 Å². The van der Waals surface area contributed by atoms with Crippen LogP contribution in [0.2, 0.25) is 0 Å². The van der Waals surface area contributed by atoms with Crippen LogP contribution in [0.15, 0.2) is 53.1 Å². The van der Waals surface area contributed by atoms with E-state index in [0.717, 1.165) is 22.2 Å². The van der Waals surface area contributed by atoms with Crippen LogP contribution in [-0.4, -0.2) is 25.1 Å². The second-order valence-electron chi connectivity index (χ2n) is 5.51. The summed E-state index contributed by atoms with van der Waals surface area (Å²) in [6, 6.07) is 15.9. The second kappa shape index (κ2) is 5.31. The molecular weight excluding hydrogens is 290 g/mol. The Morgan fingerprint density at radius 1 is 1.09 bits per heavy atom. The van der Waals surface area contributed by atoms with E-state index in [4.69, 9.17) is 4.52 Å². The monoisotopic (exact) mass is 305 g/mol. The van der Waals surface area contributed by atoms with E-state index in [9.17, 15) is 0 Å². The maximum Gasteiger partial charge on any atom is 0.234 e. The first kappa shape index (κ1) is 13.6. The molecule has 2 aromatic carbocycles. The molecule has 23 heavy (non-hydrogen) atoms. The van der Waals surface area contributed by atoms with Gasteiger partial charge in [-0.15, -0.1) is 5.10 Å². The lowest BCUT2D eigenvalue weighted by Gasteiger charge is -2.05. The zero-order chi connectivity index (χ0) is 15.8. The van der Waals surface area contributed by atoms with Crippen molar-refractivity contribution < 1.29 is 4.52 Å². The summed E-state index contributed by atoms with van der Waals surface area (Å²) < 4.78 is 7.19. The highest BCUT2D eigenvalue weighted by Crippen LogP contribution is 2.26. The highest BCUT2D eigenvalue weighted by Gasteiger charge is 2.17. The Hall–Kier alpha value is -3.02. The first-order chi connectivity index (χ1) is 11.2. The summed E-state index contributed by atoms with van der Waals surface area (Å²) in [5.41, 5.74) is 3.81. The number of benzene rings is 2. The highest BCUT2D eigenvalue weighted by atomic mass is 16.5. The zero-order valence-corrected chi connectivity index (χ0v) is 12.8. The summed E-state index contributed by atoms with van der Waals surface area (Å²) in [4.78, 5) is 4.55. The largest absolute Gasteiger partial charge is 0.338 e. The molecule has 2 aromatic heterocycles. The van der Waals surface area contributed by atoms with Gasteiger partial charge in [0.25, 0.3) is 0 Å². The van der Waals surface area contributed by atoms with Crippen LogP contribution in [0.5, 0.6) is 0 Å². The molecule has 0 radical (unpaired) electrons. The summed E-state index contributed by atoms with van der Waals surface area (Å²) in [6.45, 7) is 2.06. The Morgan fingerprint density at radius 3 is 2.74 bits per heavy atom. The highest BCUT2D eigenvalue weighted by molar-refractivity contribution is 5.79. The average Bonchev–Trinajstić information content (AvgIpc) is 3.22. The SMILES string of the molecule is CC(c1ccccc1)c1nc(-c2ccc3nnn(C)c3c2)no1. The van der Waals surface area contributed by atoms with Crippen LogP contribution in [0.1, 0.15) is 24.3 Å². The van der Waals surface area contributed by atoms with Gasteiger partial charge in [-0.1, -0.05) is 40.7 Å². The predicted octanol–water partition coefficient (Wildman–Crippen LogP) is 3.17. The molecule has 114 valence electrons. The van der Waals surface area contributed by atoms with Crippen LogP contribution in [0.4, 0.5) is 0 Å². The third kappa shape index (κ3) is 2.38. The van der Waals surface area contributed by atoms with Gasteiger partial charge < -0.3 is 4.52 Å². The van der Waals surface area contributed by atoms with E-state index in [2.05, 4.69) is 39.5 Å². The number of aryl methyl sites for hydroxylation is 1. The average molecular weight is 305 g/mol. The van der Waals surface area contributed by atoms with Gasteiger partial charge in [-0.2, -0.15) is 4.98 Å². The van der Waals surface area contributed by atoms with E-state index in [0.29, 0.717) is 11.7 Å². The smallest absolute Gasteiger partial charge is 0.234 e. The molecule has 0 bridgehead atoms. The Labute approximate surface area is 132 Å². The number of hydrogen-bond donors (Lipinski definition) is 0. The molecule has 6 heteroatoms. The van der Waals surface area contributed by atoms with Crippen LogP contribution in [0.3, 0.4) is 0 Å². The molecular formula is C17H15N5O. The van der Waals surface area contributed by atoms with Crippen LogP contribution in [0, 0.1) is 0 Å². The minimum atomic E-state index is 0.0551. The maximum absolute atomic E-state index is 5.46. The lowest BCUT2D eigenvalue weighted by atomic mass is 10.0. The van der Waals surface area contributed by atoms with E-state index in [1.165, 1.54) is 0 Å². The van der Waals surface area contributed by atoms with Crippen molar-refractivity contribution in [3.05, 3.63) is 60.0 Å². The summed E-state index contributed by atoms with van der Waals surface area (Å²) in [7, 11) is 1.86. The summed E-state index contributed by atoms with van der Waals surface area (Å²) in [6.07, 6.45) is 0. The van der Waals surface area contributed by atoms with E-state index < -0.39 is 0 Å². The van der Waals surface area contributed by atoms with Crippen molar-refractivity contribution >= 4 is 11.0 Å². The number of aromatic nitrogens is 5. The number of fused-ring (bicyclic) bond motifs is 1. The van der Waals surface area contributed by atoms with Gasteiger partial charge in [0.2, 0.25) is 11.7 Å². The van der Waals surface area contributed by atoms with Gasteiger partial charge in [0.15, 0.2) is 0 Å². The van der Waals surface area contributed by atoms with Gasteiger partial charge >= 0.3 is 0 Å². The van der Waals surface area contributed by atoms with Crippen molar-refractivity contribution in [2.45, 2.75) is 12.8 Å². The molecule has 2 heterocycles. The van der Waals surface area contributed by atoms with Gasteiger partial charge in [0, 0.05) is 12.6 Å². The molecule has 6 nitrogen and oxygen atoms in total. The third-order valence-electron chi connectivity index (χ3n) is 3.98. The van der Waals surface area contributed by atoms with Crippen molar-refractivity contribution in [2.24, 2.45) is 7.05 Å². The van der Waals surface area contributed by atoms with Crippen molar-refractivity contribution in [1.82, 2.24) is 25.1 Å². The zero-order valence-electron chi connectivity index (χ0n) is 12.8. The van der Waals surface area contributed by atoms with Crippen molar-refractivity contribution in [2.75, 3.05) is 0 Å². The lowest BCUT2D eigenvalue weighted by molar-refractivity contribution is 0.371. The normalized spacial score (nSPS) is 12.6. The molecule has 0 saturated heterocycles. The van der Waals surface area contributed by atoms with E-state index in [1.54, 1.807) is 4.68 Å². The minimum absolute atomic E-state index is 0.0551. The Kier molecular flexibility index (Phi) is 3.15. The van der Waals surface area contributed by atoms with Crippen molar-refractivity contribution in [3.63, 3.8) is 0 Å². The van der Waals surface area contributed by atoms with E-state index in [1.807, 2.05) is 43.4 Å². The molecule has 0 aliphatic heterocycles. The van der Waals surface area contributed by atoms with E-state index in [-0.39, 0.29) is 5.92 Å². The molecule has 0 spiro atoms. The minimum Gasteiger partial charge on any atom is -0.338 e. The summed E-state index contributed by atoms with van der Waals surface area (Å²) >= 11 is 0. The fourth-order valence-electron chi connectivity index (χ4n) is 2.58. The van der Waals surface area contributed by atoms with E-state index >= 15 is 0 Å². The molecule has 1 unspecified atom stereocenters. The molecule has 0 N–H and O–H groups in total. The number of rotatable bonds is 3. The van der Waals surface area contributed by atoms with Gasteiger partial charge in [0.1, 0.15) is 5.52 Å². The predicted molar refractivity (Wildman–Crippen MR) is 85.8 cm³/mol. The van der Waals surface area contributed by atoms with Crippen molar-refractivity contribution in [3.8, 4) is 11.4 Å². The number of nitrogens with zero attached hydrogens (tertiary/aromatic N) is 5. The van der Waals surface area contributed by atoms with Gasteiger partial charge in [0.05, 0.1) is 11.4 Å². The van der Waals surface area contributed by atoms with Crippen LogP contribution in [0.25, 0.3) is 22.4 Å². The molecule has 4 rings (SSSR count). The fraction of sp³-hybridized carbons (Fsp3) is 0.176.